The highest BCUT2D eigenvalue weighted by Gasteiger charge is 2.34. The van der Waals surface area contributed by atoms with Crippen LogP contribution < -0.4 is 18.9 Å². The van der Waals surface area contributed by atoms with Crippen molar-refractivity contribution in [3.8, 4) is 23.0 Å². The molecule has 2 aromatic carbocycles. The van der Waals surface area contributed by atoms with Gasteiger partial charge in [-0.15, -0.1) is 0 Å². The van der Waals surface area contributed by atoms with E-state index in [1.807, 2.05) is 18.2 Å². The Labute approximate surface area is 172 Å². The number of nitrogens with zero attached hydrogens (tertiary/aromatic N) is 2. The minimum atomic E-state index is -0.553. The topological polar surface area (TPSA) is 100 Å². The van der Waals surface area contributed by atoms with E-state index in [-0.39, 0.29) is 42.5 Å². The lowest BCUT2D eigenvalue weighted by molar-refractivity contribution is -0.385. The van der Waals surface area contributed by atoms with Gasteiger partial charge in [-0.3, -0.25) is 14.9 Å². The second kappa shape index (κ2) is 7.40. The van der Waals surface area contributed by atoms with Gasteiger partial charge < -0.3 is 23.8 Å². The zero-order chi connectivity index (χ0) is 20.7. The highest BCUT2D eigenvalue weighted by molar-refractivity contribution is 5.99. The van der Waals surface area contributed by atoms with Crippen molar-refractivity contribution >= 4 is 11.6 Å². The highest BCUT2D eigenvalue weighted by atomic mass is 16.7. The molecule has 9 nitrogen and oxygen atoms in total. The lowest BCUT2D eigenvalue weighted by atomic mass is 10.1. The van der Waals surface area contributed by atoms with E-state index in [9.17, 15) is 14.9 Å². The van der Waals surface area contributed by atoms with Crippen molar-refractivity contribution in [1.29, 1.82) is 0 Å². The molecule has 30 heavy (non-hydrogen) atoms. The molecule has 0 atom stereocenters. The summed E-state index contributed by atoms with van der Waals surface area (Å²) < 4.78 is 21.4. The Morgan fingerprint density at radius 2 is 1.60 bits per heavy atom. The Balaban J connectivity index is 1.50. The molecular formula is C21H20N2O7. The van der Waals surface area contributed by atoms with Gasteiger partial charge in [-0.1, -0.05) is 18.9 Å². The first-order chi connectivity index (χ1) is 14.6. The number of rotatable bonds is 5. The Hall–Kier alpha value is -3.49. The standard InChI is InChI=1S/C21H20N2O7/c24-21(15-8-19-20(30-12-29-19)9-16(15)23(25)26)22(14-3-1-2-4-14)10-13-5-6-17-18(7-13)28-11-27-17/h5-9,14H,1-4,10-12H2. The Kier molecular flexibility index (Phi) is 4.57. The number of benzene rings is 2. The van der Waals surface area contributed by atoms with Gasteiger partial charge in [-0.2, -0.15) is 0 Å². The van der Waals surface area contributed by atoms with Crippen LogP contribution >= 0.6 is 0 Å². The smallest absolute Gasteiger partial charge is 0.286 e. The molecule has 1 amide bonds. The summed E-state index contributed by atoms with van der Waals surface area (Å²) >= 11 is 0. The van der Waals surface area contributed by atoms with Crippen molar-refractivity contribution < 1.29 is 28.7 Å². The number of nitro benzene ring substituents is 1. The van der Waals surface area contributed by atoms with Crippen LogP contribution in [0.25, 0.3) is 0 Å². The molecule has 2 aromatic rings. The van der Waals surface area contributed by atoms with Crippen molar-refractivity contribution in [2.45, 2.75) is 38.3 Å². The van der Waals surface area contributed by atoms with Gasteiger partial charge in [-0.05, 0) is 30.5 Å². The predicted molar refractivity (Wildman–Crippen MR) is 104 cm³/mol. The van der Waals surface area contributed by atoms with Gasteiger partial charge in [0.2, 0.25) is 13.6 Å². The third-order valence-corrected chi connectivity index (χ3v) is 5.73. The molecular weight excluding hydrogens is 392 g/mol. The lowest BCUT2D eigenvalue weighted by Gasteiger charge is -2.29. The predicted octanol–water partition coefficient (Wildman–Crippen LogP) is 3.64. The second-order valence-corrected chi connectivity index (χ2v) is 7.54. The summed E-state index contributed by atoms with van der Waals surface area (Å²) in [5, 5.41) is 11.7. The normalized spacial score (nSPS) is 16.7. The molecule has 0 unspecified atom stereocenters. The summed E-state index contributed by atoms with van der Waals surface area (Å²) in [7, 11) is 0. The number of carbonyl (C=O) groups excluding carboxylic acids is 1. The molecule has 1 fully saturated rings. The number of fused-ring (bicyclic) bond motifs is 2. The number of amides is 1. The molecule has 3 aliphatic rings. The van der Waals surface area contributed by atoms with E-state index in [1.165, 1.54) is 12.1 Å². The van der Waals surface area contributed by atoms with E-state index in [0.717, 1.165) is 31.2 Å². The Morgan fingerprint density at radius 1 is 0.967 bits per heavy atom. The first kappa shape index (κ1) is 18.5. The van der Waals surface area contributed by atoms with E-state index in [2.05, 4.69) is 0 Å². The Bertz CT molecular complexity index is 1020. The first-order valence-corrected chi connectivity index (χ1v) is 9.87. The van der Waals surface area contributed by atoms with Crippen LogP contribution in [0.1, 0.15) is 41.6 Å². The van der Waals surface area contributed by atoms with Crippen LogP contribution in [-0.2, 0) is 6.54 Å². The van der Waals surface area contributed by atoms with Gasteiger partial charge in [-0.25, -0.2) is 0 Å². The quantitative estimate of drug-likeness (QED) is 0.546. The van der Waals surface area contributed by atoms with E-state index in [4.69, 9.17) is 18.9 Å². The summed E-state index contributed by atoms with van der Waals surface area (Å²) in [4.78, 5) is 26.4. The molecule has 2 aliphatic heterocycles. The fourth-order valence-corrected chi connectivity index (χ4v) is 4.23. The third kappa shape index (κ3) is 3.26. The summed E-state index contributed by atoms with van der Waals surface area (Å²) in [6.45, 7) is 0.479. The molecule has 9 heteroatoms. The molecule has 1 saturated carbocycles. The van der Waals surface area contributed by atoms with Crippen LogP contribution in [0.2, 0.25) is 0 Å². The monoisotopic (exact) mass is 412 g/mol. The highest BCUT2D eigenvalue weighted by Crippen LogP contribution is 2.40. The minimum Gasteiger partial charge on any atom is -0.454 e. The van der Waals surface area contributed by atoms with Crippen molar-refractivity contribution in [1.82, 2.24) is 4.90 Å². The maximum absolute atomic E-state index is 13.6. The summed E-state index contributed by atoms with van der Waals surface area (Å²) in [5.74, 6) is 1.55. The maximum Gasteiger partial charge on any atom is 0.286 e. The van der Waals surface area contributed by atoms with Gasteiger partial charge in [0.1, 0.15) is 5.56 Å². The molecule has 156 valence electrons. The maximum atomic E-state index is 13.6. The lowest BCUT2D eigenvalue weighted by Crippen LogP contribution is -2.38. The molecule has 0 N–H and O–H groups in total. The summed E-state index contributed by atoms with van der Waals surface area (Å²) in [5.41, 5.74) is 0.609. The van der Waals surface area contributed by atoms with Gasteiger partial charge in [0.15, 0.2) is 23.0 Å². The zero-order valence-electron chi connectivity index (χ0n) is 16.2. The van der Waals surface area contributed by atoms with Crippen LogP contribution in [0, 0.1) is 10.1 Å². The van der Waals surface area contributed by atoms with E-state index in [1.54, 1.807) is 4.90 Å². The van der Waals surface area contributed by atoms with Crippen molar-refractivity contribution in [3.63, 3.8) is 0 Å². The molecule has 0 radical (unpaired) electrons. The minimum absolute atomic E-state index is 0.0110. The molecule has 0 aromatic heterocycles. The SMILES string of the molecule is O=C(c1cc2c(cc1[N+](=O)[O-])OCO2)N(Cc1ccc2c(c1)OCO2)C1CCCC1. The van der Waals surface area contributed by atoms with E-state index >= 15 is 0 Å². The molecule has 1 aliphatic carbocycles. The van der Waals surface area contributed by atoms with Crippen LogP contribution in [0.5, 0.6) is 23.0 Å². The van der Waals surface area contributed by atoms with Crippen LogP contribution in [0.3, 0.4) is 0 Å². The largest absolute Gasteiger partial charge is 0.454 e. The molecule has 0 spiro atoms. The average Bonchev–Trinajstić information content (AvgIpc) is 3.51. The van der Waals surface area contributed by atoms with Gasteiger partial charge >= 0.3 is 0 Å². The second-order valence-electron chi connectivity index (χ2n) is 7.54. The van der Waals surface area contributed by atoms with Crippen LogP contribution in [-0.4, -0.2) is 35.4 Å². The zero-order valence-corrected chi connectivity index (χ0v) is 16.2. The summed E-state index contributed by atoms with van der Waals surface area (Å²) in [6.07, 6.45) is 3.79. The van der Waals surface area contributed by atoms with Gasteiger partial charge in [0.25, 0.3) is 11.6 Å². The van der Waals surface area contributed by atoms with Crippen molar-refractivity contribution in [2.75, 3.05) is 13.6 Å². The average molecular weight is 412 g/mol. The molecule has 2 heterocycles. The van der Waals surface area contributed by atoms with Crippen LogP contribution in [0.4, 0.5) is 5.69 Å². The van der Waals surface area contributed by atoms with Gasteiger partial charge in [0.05, 0.1) is 11.0 Å². The number of nitro groups is 1. The van der Waals surface area contributed by atoms with E-state index in [0.29, 0.717) is 23.8 Å². The number of hydrogen-bond acceptors (Lipinski definition) is 7. The van der Waals surface area contributed by atoms with Crippen molar-refractivity contribution in [2.24, 2.45) is 0 Å². The fourth-order valence-electron chi connectivity index (χ4n) is 4.23. The molecule has 0 saturated heterocycles. The number of carbonyl (C=O) groups is 1. The summed E-state index contributed by atoms with van der Waals surface area (Å²) in [6, 6.07) is 8.27. The first-order valence-electron chi connectivity index (χ1n) is 9.87. The fraction of sp³-hybridized carbons (Fsp3) is 0.381. The van der Waals surface area contributed by atoms with Crippen molar-refractivity contribution in [3.05, 3.63) is 51.6 Å². The molecule has 5 rings (SSSR count). The number of hydrogen-bond donors (Lipinski definition) is 0. The Morgan fingerprint density at radius 3 is 2.30 bits per heavy atom. The third-order valence-electron chi connectivity index (χ3n) is 5.73. The van der Waals surface area contributed by atoms with Gasteiger partial charge in [0, 0.05) is 18.7 Å². The molecule has 0 bridgehead atoms. The van der Waals surface area contributed by atoms with E-state index < -0.39 is 4.92 Å². The number of ether oxygens (including phenoxy) is 4. The van der Waals surface area contributed by atoms with Crippen LogP contribution in [0.15, 0.2) is 30.3 Å².